The number of benzene rings is 4. The van der Waals surface area contributed by atoms with Crippen molar-refractivity contribution in [3.8, 4) is 5.75 Å². The number of nitrogens with one attached hydrogen (secondary N) is 1. The molecule has 6 rings (SSSR count). The van der Waals surface area contributed by atoms with E-state index in [-0.39, 0.29) is 12.3 Å². The minimum absolute atomic E-state index is 0.0444. The van der Waals surface area contributed by atoms with Crippen LogP contribution in [0.4, 0.5) is 0 Å². The molecule has 9 nitrogen and oxygen atoms in total. The second kappa shape index (κ2) is 14.4. The second-order valence-electron chi connectivity index (χ2n) is 10.9. The van der Waals surface area contributed by atoms with Gasteiger partial charge in [0.2, 0.25) is 5.91 Å². The van der Waals surface area contributed by atoms with E-state index >= 15 is 0 Å². The van der Waals surface area contributed by atoms with Crippen LogP contribution in [0.25, 0.3) is 0 Å². The van der Waals surface area contributed by atoms with E-state index in [1.807, 2.05) is 60.7 Å². The summed E-state index contributed by atoms with van der Waals surface area (Å²) in [5.74, 6) is -2.73. The summed E-state index contributed by atoms with van der Waals surface area (Å²) in [5, 5.41) is 2.22. The molecule has 0 spiro atoms. The number of amides is 2. The van der Waals surface area contributed by atoms with Gasteiger partial charge in [-0.25, -0.2) is 4.79 Å². The minimum atomic E-state index is -1.30. The highest BCUT2D eigenvalue weighted by Gasteiger charge is 2.54. The van der Waals surface area contributed by atoms with Crippen LogP contribution in [-0.4, -0.2) is 52.9 Å². The van der Waals surface area contributed by atoms with E-state index in [2.05, 4.69) is 5.32 Å². The van der Waals surface area contributed by atoms with E-state index in [9.17, 15) is 19.2 Å². The Labute approximate surface area is 276 Å². The fourth-order valence-electron chi connectivity index (χ4n) is 5.52. The number of thioether (sulfide) groups is 1. The van der Waals surface area contributed by atoms with Gasteiger partial charge in [-0.1, -0.05) is 103 Å². The Balaban J connectivity index is 1.14. The lowest BCUT2D eigenvalue weighted by Crippen LogP contribution is -2.70. The lowest BCUT2D eigenvalue weighted by atomic mass is 9.96. The lowest BCUT2D eigenvalue weighted by molar-refractivity contribution is -0.156. The average Bonchev–Trinajstić information content (AvgIpc) is 3.13. The number of carbonyl (C=O) groups is 4. The number of fused-ring (bicyclic) bond motifs is 1. The number of methoxy groups -OCH3 is 1. The molecule has 1 N–H and O–H groups in total. The first-order valence-corrected chi connectivity index (χ1v) is 16.1. The van der Waals surface area contributed by atoms with Crippen molar-refractivity contribution in [1.82, 2.24) is 10.2 Å². The highest BCUT2D eigenvalue weighted by Crippen LogP contribution is 2.39. The van der Waals surface area contributed by atoms with Gasteiger partial charge in [-0.3, -0.25) is 19.3 Å². The molecule has 2 heterocycles. The minimum Gasteiger partial charge on any atom is -0.497 e. The summed E-state index contributed by atoms with van der Waals surface area (Å²) in [6, 6.07) is 33.4. The molecule has 4 aromatic carbocycles. The molecule has 2 amide bonds. The van der Waals surface area contributed by atoms with E-state index in [0.29, 0.717) is 17.1 Å². The van der Waals surface area contributed by atoms with Crippen molar-refractivity contribution in [3.63, 3.8) is 0 Å². The standard InChI is InChI=1S/C37H32N2O7S/c1-44-28-19-17-24(18-20-28)23-45-37(43)30(25-11-5-2-6-12-25)33(40)38-31-34(41)39-29(21-22-47-35(31)39)36(42)46-32(26-13-7-3-8-14-26)27-15-9-4-10-16-27/h2-21,30-32,35H,22-23H2,1H3,(H,38,40)/t30?,31?,35-/m0/s1. The molecule has 0 radical (unpaired) electrons. The van der Waals surface area contributed by atoms with Crippen molar-refractivity contribution in [2.45, 2.75) is 30.0 Å². The topological polar surface area (TPSA) is 111 Å². The molecule has 0 saturated carbocycles. The average molecular weight is 649 g/mol. The fourth-order valence-corrected chi connectivity index (χ4v) is 6.71. The summed E-state index contributed by atoms with van der Waals surface area (Å²) < 4.78 is 16.7. The largest absolute Gasteiger partial charge is 0.497 e. The van der Waals surface area contributed by atoms with Crippen LogP contribution in [0.2, 0.25) is 0 Å². The van der Waals surface area contributed by atoms with Gasteiger partial charge >= 0.3 is 11.9 Å². The van der Waals surface area contributed by atoms with Crippen LogP contribution in [0.15, 0.2) is 127 Å². The van der Waals surface area contributed by atoms with Crippen LogP contribution in [0, 0.1) is 0 Å². The van der Waals surface area contributed by atoms with Gasteiger partial charge in [0.25, 0.3) is 5.91 Å². The van der Waals surface area contributed by atoms with Crippen LogP contribution in [-0.2, 0) is 35.3 Å². The third kappa shape index (κ3) is 6.92. The number of β-lactam (4-membered cyclic amide) rings is 1. The van der Waals surface area contributed by atoms with Crippen LogP contribution in [0.3, 0.4) is 0 Å². The Morgan fingerprint density at radius 3 is 1.98 bits per heavy atom. The van der Waals surface area contributed by atoms with Crippen LogP contribution < -0.4 is 10.1 Å². The number of nitrogens with zero attached hydrogens (tertiary/aromatic N) is 1. The Kier molecular flexibility index (Phi) is 9.68. The Morgan fingerprint density at radius 2 is 1.40 bits per heavy atom. The number of hydrogen-bond donors (Lipinski definition) is 1. The predicted molar refractivity (Wildman–Crippen MR) is 176 cm³/mol. The molecule has 47 heavy (non-hydrogen) atoms. The van der Waals surface area contributed by atoms with Crippen molar-refractivity contribution in [2.24, 2.45) is 0 Å². The van der Waals surface area contributed by atoms with Crippen molar-refractivity contribution in [2.75, 3.05) is 12.9 Å². The van der Waals surface area contributed by atoms with Gasteiger partial charge in [-0.05, 0) is 40.5 Å². The molecule has 2 unspecified atom stereocenters. The lowest BCUT2D eigenvalue weighted by Gasteiger charge is -2.48. The van der Waals surface area contributed by atoms with E-state index < -0.39 is 47.2 Å². The molecule has 2 aliphatic rings. The van der Waals surface area contributed by atoms with E-state index in [0.717, 1.165) is 16.7 Å². The molecule has 3 atom stereocenters. The summed E-state index contributed by atoms with van der Waals surface area (Å²) in [6.45, 7) is -0.0444. The zero-order valence-electron chi connectivity index (χ0n) is 25.5. The van der Waals surface area contributed by atoms with E-state index in [1.54, 1.807) is 67.8 Å². The van der Waals surface area contributed by atoms with Gasteiger partial charge in [0, 0.05) is 5.75 Å². The molecule has 0 aliphatic carbocycles. The molecule has 0 bridgehead atoms. The number of carbonyl (C=O) groups excluding carboxylic acids is 4. The summed E-state index contributed by atoms with van der Waals surface area (Å²) in [6.07, 6.45) is 0.983. The zero-order valence-corrected chi connectivity index (χ0v) is 26.3. The molecule has 10 heteroatoms. The first-order valence-electron chi connectivity index (χ1n) is 15.0. The summed E-state index contributed by atoms with van der Waals surface area (Å²) in [4.78, 5) is 55.4. The summed E-state index contributed by atoms with van der Waals surface area (Å²) in [5.41, 5.74) is 2.87. The Morgan fingerprint density at radius 1 is 0.830 bits per heavy atom. The van der Waals surface area contributed by atoms with Crippen molar-refractivity contribution in [1.29, 1.82) is 0 Å². The van der Waals surface area contributed by atoms with E-state index in [1.165, 1.54) is 16.7 Å². The summed E-state index contributed by atoms with van der Waals surface area (Å²) in [7, 11) is 1.56. The normalized spacial score (nSPS) is 17.4. The van der Waals surface area contributed by atoms with Gasteiger partial charge in [-0.15, -0.1) is 11.8 Å². The Hall–Kier alpha value is -5.35. The molecule has 2 aliphatic heterocycles. The second-order valence-corrected chi connectivity index (χ2v) is 12.1. The van der Waals surface area contributed by atoms with Crippen LogP contribution in [0.1, 0.15) is 34.3 Å². The Bertz CT molecular complexity index is 1730. The maximum absolute atomic E-state index is 13.7. The zero-order chi connectivity index (χ0) is 32.8. The van der Waals surface area contributed by atoms with Crippen molar-refractivity contribution < 1.29 is 33.4 Å². The monoisotopic (exact) mass is 648 g/mol. The van der Waals surface area contributed by atoms with Gasteiger partial charge in [0.1, 0.15) is 29.5 Å². The van der Waals surface area contributed by atoms with E-state index in [4.69, 9.17) is 14.2 Å². The first-order chi connectivity index (χ1) is 22.9. The predicted octanol–water partition coefficient (Wildman–Crippen LogP) is 5.14. The molecular formula is C37H32N2O7S. The summed E-state index contributed by atoms with van der Waals surface area (Å²) >= 11 is 1.41. The van der Waals surface area contributed by atoms with Gasteiger partial charge in [0.15, 0.2) is 12.0 Å². The third-order valence-corrected chi connectivity index (χ3v) is 9.14. The number of ether oxygens (including phenoxy) is 3. The highest BCUT2D eigenvalue weighted by atomic mass is 32.2. The smallest absolute Gasteiger partial charge is 0.355 e. The molecule has 4 aromatic rings. The first kappa shape index (κ1) is 31.6. The number of rotatable bonds is 11. The van der Waals surface area contributed by atoms with Crippen molar-refractivity contribution >= 4 is 35.5 Å². The van der Waals surface area contributed by atoms with Gasteiger partial charge in [0.05, 0.1) is 7.11 Å². The maximum atomic E-state index is 13.7. The van der Waals surface area contributed by atoms with Gasteiger partial charge in [-0.2, -0.15) is 0 Å². The number of hydrogen-bond acceptors (Lipinski definition) is 8. The maximum Gasteiger partial charge on any atom is 0.355 e. The highest BCUT2D eigenvalue weighted by molar-refractivity contribution is 8.00. The van der Waals surface area contributed by atoms with Crippen molar-refractivity contribution in [3.05, 3.63) is 149 Å². The fraction of sp³-hybridized carbons (Fsp3) is 0.189. The van der Waals surface area contributed by atoms with Crippen LogP contribution in [0.5, 0.6) is 5.75 Å². The molecular weight excluding hydrogens is 616 g/mol. The molecule has 1 saturated heterocycles. The molecule has 238 valence electrons. The quantitative estimate of drug-likeness (QED) is 0.135. The number of esters is 2. The molecule has 0 aromatic heterocycles. The van der Waals surface area contributed by atoms with Gasteiger partial charge < -0.3 is 19.5 Å². The molecule has 1 fully saturated rings. The third-order valence-electron chi connectivity index (χ3n) is 7.95. The SMILES string of the molecule is COc1ccc(COC(=O)C(C(=O)NC2C(=O)N3C(C(=O)OC(c4ccccc4)c4ccccc4)=CCS[C@@H]23)c2ccccc2)cc1. The van der Waals surface area contributed by atoms with Crippen LogP contribution >= 0.6 is 11.8 Å².